The minimum atomic E-state index is -0.0690. The van der Waals surface area contributed by atoms with Crippen LogP contribution in [0, 0.1) is 0 Å². The predicted molar refractivity (Wildman–Crippen MR) is 76.6 cm³/mol. The summed E-state index contributed by atoms with van der Waals surface area (Å²) in [7, 11) is 1.59. The number of benzene rings is 1. The highest BCUT2D eigenvalue weighted by Crippen LogP contribution is 2.25. The third kappa shape index (κ3) is 3.95. The second-order valence-corrected chi connectivity index (χ2v) is 5.11. The van der Waals surface area contributed by atoms with Crippen LogP contribution >= 0.6 is 11.8 Å². The maximum Gasteiger partial charge on any atom is 0.255 e. The fourth-order valence-electron chi connectivity index (χ4n) is 1.79. The smallest absolute Gasteiger partial charge is 0.255 e. The Kier molecular flexibility index (Phi) is 6.05. The average molecular weight is 267 g/mol. The fraction of sp³-hybridized carbons (Fsp3) is 0.500. The lowest BCUT2D eigenvalue weighted by atomic mass is 10.1. The first-order chi connectivity index (χ1) is 8.62. The Morgan fingerprint density at radius 1 is 1.50 bits per heavy atom. The lowest BCUT2D eigenvalue weighted by Gasteiger charge is -2.15. The molecule has 1 amide bonds. The Morgan fingerprint density at radius 3 is 2.78 bits per heavy atom. The molecule has 1 rings (SSSR count). The van der Waals surface area contributed by atoms with Crippen LogP contribution in [0.3, 0.4) is 0 Å². The van der Waals surface area contributed by atoms with E-state index in [1.807, 2.05) is 31.4 Å². The first kappa shape index (κ1) is 14.9. The van der Waals surface area contributed by atoms with E-state index in [2.05, 4.69) is 12.2 Å². The van der Waals surface area contributed by atoms with Crippen molar-refractivity contribution in [2.24, 2.45) is 0 Å². The Balaban J connectivity index is 2.84. The van der Waals surface area contributed by atoms with Gasteiger partial charge in [-0.1, -0.05) is 13.3 Å². The maximum atomic E-state index is 12.1. The van der Waals surface area contributed by atoms with Crippen molar-refractivity contribution < 1.29 is 9.53 Å². The molecule has 4 heteroatoms. The molecular weight excluding hydrogens is 246 g/mol. The molecule has 0 saturated carbocycles. The number of amides is 1. The summed E-state index contributed by atoms with van der Waals surface area (Å²) in [4.78, 5) is 13.2. The molecule has 0 radical (unpaired) electrons. The molecule has 1 aromatic rings. The highest BCUT2D eigenvalue weighted by molar-refractivity contribution is 7.98. The van der Waals surface area contributed by atoms with Crippen molar-refractivity contribution in [1.82, 2.24) is 5.32 Å². The van der Waals surface area contributed by atoms with Crippen LogP contribution in [-0.4, -0.2) is 25.3 Å². The van der Waals surface area contributed by atoms with E-state index in [4.69, 9.17) is 4.74 Å². The van der Waals surface area contributed by atoms with Gasteiger partial charge in [-0.15, -0.1) is 11.8 Å². The standard InChI is InChI=1S/C14H21NO2S/c1-5-6-10(2)15-14(16)12-8-7-11(18-4)9-13(12)17-3/h7-10H,5-6H2,1-4H3,(H,15,16)/t10-/m0/s1. The molecule has 0 aliphatic rings. The number of rotatable bonds is 6. The van der Waals surface area contributed by atoms with Crippen molar-refractivity contribution in [3.8, 4) is 5.75 Å². The number of thioether (sulfide) groups is 1. The normalized spacial score (nSPS) is 12.0. The van der Waals surface area contributed by atoms with Gasteiger partial charge in [-0.25, -0.2) is 0 Å². The molecular formula is C14H21NO2S. The molecule has 0 fully saturated rings. The molecule has 1 N–H and O–H groups in total. The van der Waals surface area contributed by atoms with Gasteiger partial charge in [0.25, 0.3) is 5.91 Å². The van der Waals surface area contributed by atoms with Crippen LogP contribution in [-0.2, 0) is 0 Å². The number of nitrogens with one attached hydrogen (secondary N) is 1. The Hall–Kier alpha value is -1.16. The number of hydrogen-bond donors (Lipinski definition) is 1. The van der Waals surface area contributed by atoms with Crippen molar-refractivity contribution in [2.75, 3.05) is 13.4 Å². The number of hydrogen-bond acceptors (Lipinski definition) is 3. The van der Waals surface area contributed by atoms with Gasteiger partial charge in [-0.2, -0.15) is 0 Å². The van der Waals surface area contributed by atoms with E-state index in [-0.39, 0.29) is 11.9 Å². The van der Waals surface area contributed by atoms with Gasteiger partial charge in [0.2, 0.25) is 0 Å². The average Bonchev–Trinajstić information content (AvgIpc) is 2.38. The van der Waals surface area contributed by atoms with E-state index < -0.39 is 0 Å². The van der Waals surface area contributed by atoms with E-state index in [1.165, 1.54) is 0 Å². The summed E-state index contributed by atoms with van der Waals surface area (Å²) in [6, 6.07) is 5.84. The molecule has 0 saturated heterocycles. The van der Waals surface area contributed by atoms with Crippen LogP contribution in [0.25, 0.3) is 0 Å². The van der Waals surface area contributed by atoms with Crippen LogP contribution in [0.1, 0.15) is 37.0 Å². The molecule has 1 aromatic carbocycles. The second kappa shape index (κ2) is 7.31. The summed E-state index contributed by atoms with van der Waals surface area (Å²) in [5.41, 5.74) is 0.596. The molecule has 1 atom stereocenters. The summed E-state index contributed by atoms with van der Waals surface area (Å²) < 4.78 is 5.28. The molecule has 0 bridgehead atoms. The fourth-order valence-corrected chi connectivity index (χ4v) is 2.22. The van der Waals surface area contributed by atoms with E-state index in [0.717, 1.165) is 17.7 Å². The molecule has 0 aliphatic heterocycles. The number of carbonyl (C=O) groups excluding carboxylic acids is 1. The van der Waals surface area contributed by atoms with Gasteiger partial charge >= 0.3 is 0 Å². The first-order valence-corrected chi connectivity index (χ1v) is 7.37. The third-order valence-electron chi connectivity index (χ3n) is 2.75. The highest BCUT2D eigenvalue weighted by atomic mass is 32.2. The van der Waals surface area contributed by atoms with Crippen LogP contribution in [0.4, 0.5) is 0 Å². The van der Waals surface area contributed by atoms with E-state index in [0.29, 0.717) is 11.3 Å². The minimum Gasteiger partial charge on any atom is -0.496 e. The topological polar surface area (TPSA) is 38.3 Å². The van der Waals surface area contributed by atoms with E-state index in [1.54, 1.807) is 18.9 Å². The molecule has 0 aromatic heterocycles. The lowest BCUT2D eigenvalue weighted by molar-refractivity contribution is 0.0935. The SMILES string of the molecule is CCC[C@H](C)NC(=O)c1ccc(SC)cc1OC. The van der Waals surface area contributed by atoms with Gasteiger partial charge < -0.3 is 10.1 Å². The summed E-state index contributed by atoms with van der Waals surface area (Å²) in [5, 5.41) is 2.98. The zero-order valence-corrected chi connectivity index (χ0v) is 12.3. The Morgan fingerprint density at radius 2 is 2.22 bits per heavy atom. The van der Waals surface area contributed by atoms with Gasteiger partial charge in [0, 0.05) is 10.9 Å². The van der Waals surface area contributed by atoms with Gasteiger partial charge in [0.15, 0.2) is 0 Å². The number of carbonyl (C=O) groups is 1. The van der Waals surface area contributed by atoms with Gasteiger partial charge in [0.05, 0.1) is 12.7 Å². The molecule has 0 unspecified atom stereocenters. The maximum absolute atomic E-state index is 12.1. The molecule has 18 heavy (non-hydrogen) atoms. The van der Waals surface area contributed by atoms with Gasteiger partial charge in [-0.3, -0.25) is 4.79 Å². The molecule has 100 valence electrons. The monoisotopic (exact) mass is 267 g/mol. The second-order valence-electron chi connectivity index (χ2n) is 4.23. The summed E-state index contributed by atoms with van der Waals surface area (Å²) in [6.45, 7) is 4.13. The zero-order chi connectivity index (χ0) is 13.5. The van der Waals surface area contributed by atoms with Gasteiger partial charge in [0.1, 0.15) is 5.75 Å². The molecule has 0 heterocycles. The highest BCUT2D eigenvalue weighted by Gasteiger charge is 2.14. The Bertz CT molecular complexity index is 407. The molecule has 0 aliphatic carbocycles. The summed E-state index contributed by atoms with van der Waals surface area (Å²) in [6.07, 6.45) is 4.04. The lowest BCUT2D eigenvalue weighted by Crippen LogP contribution is -2.32. The van der Waals surface area contributed by atoms with Crippen molar-refractivity contribution in [2.45, 2.75) is 37.6 Å². The zero-order valence-electron chi connectivity index (χ0n) is 11.4. The predicted octanol–water partition coefficient (Wildman–Crippen LogP) is 3.34. The van der Waals surface area contributed by atoms with Crippen molar-refractivity contribution in [3.63, 3.8) is 0 Å². The van der Waals surface area contributed by atoms with Crippen molar-refractivity contribution in [3.05, 3.63) is 23.8 Å². The number of methoxy groups -OCH3 is 1. The van der Waals surface area contributed by atoms with Gasteiger partial charge in [-0.05, 0) is 37.8 Å². The van der Waals surface area contributed by atoms with E-state index >= 15 is 0 Å². The molecule has 0 spiro atoms. The minimum absolute atomic E-state index is 0.0690. The van der Waals surface area contributed by atoms with Crippen LogP contribution in [0.2, 0.25) is 0 Å². The Labute approximate surface area is 113 Å². The van der Waals surface area contributed by atoms with Crippen LogP contribution < -0.4 is 10.1 Å². The van der Waals surface area contributed by atoms with Crippen molar-refractivity contribution in [1.29, 1.82) is 0 Å². The quantitative estimate of drug-likeness (QED) is 0.803. The van der Waals surface area contributed by atoms with Crippen molar-refractivity contribution >= 4 is 17.7 Å². The third-order valence-corrected chi connectivity index (χ3v) is 3.48. The first-order valence-electron chi connectivity index (χ1n) is 6.15. The summed E-state index contributed by atoms with van der Waals surface area (Å²) >= 11 is 1.63. The van der Waals surface area contributed by atoms with Crippen LogP contribution in [0.5, 0.6) is 5.75 Å². The largest absolute Gasteiger partial charge is 0.496 e. The van der Waals surface area contributed by atoms with E-state index in [9.17, 15) is 4.79 Å². The van der Waals surface area contributed by atoms with Crippen LogP contribution in [0.15, 0.2) is 23.1 Å². The summed E-state index contributed by atoms with van der Waals surface area (Å²) in [5.74, 6) is 0.559. The number of ether oxygens (including phenoxy) is 1. The molecule has 3 nitrogen and oxygen atoms in total.